The van der Waals surface area contributed by atoms with Crippen molar-refractivity contribution in [2.75, 3.05) is 6.54 Å². The molecule has 1 unspecified atom stereocenters. The fourth-order valence-electron chi connectivity index (χ4n) is 0.861. The van der Waals surface area contributed by atoms with Crippen molar-refractivity contribution in [1.29, 1.82) is 0 Å². The van der Waals surface area contributed by atoms with Crippen LogP contribution in [-0.2, 0) is 0 Å². The molecule has 1 N–H and O–H groups in total. The van der Waals surface area contributed by atoms with E-state index in [9.17, 15) is 0 Å². The Bertz CT molecular complexity index is 162. The van der Waals surface area contributed by atoms with Crippen molar-refractivity contribution in [3.8, 4) is 0 Å². The first-order chi connectivity index (χ1) is 4.57. The zero-order valence-electron chi connectivity index (χ0n) is 6.13. The van der Waals surface area contributed by atoms with E-state index in [0.29, 0.717) is 10.9 Å². The molecule has 2 nitrogen and oxygen atoms in total. The summed E-state index contributed by atoms with van der Waals surface area (Å²) >= 11 is 6.48. The molecular formula is C6H11NOS2. The summed E-state index contributed by atoms with van der Waals surface area (Å²) in [5.74, 6) is 0. The van der Waals surface area contributed by atoms with Gasteiger partial charge in [-0.2, -0.15) is 0 Å². The normalized spacial score (nSPS) is 33.5. The van der Waals surface area contributed by atoms with Gasteiger partial charge in [0.05, 0.1) is 6.54 Å². The van der Waals surface area contributed by atoms with Crippen molar-refractivity contribution in [2.24, 2.45) is 0 Å². The molecule has 0 saturated carbocycles. The van der Waals surface area contributed by atoms with Gasteiger partial charge in [-0.1, -0.05) is 30.9 Å². The van der Waals surface area contributed by atoms with Crippen LogP contribution < -0.4 is 0 Å². The van der Waals surface area contributed by atoms with Crippen molar-refractivity contribution in [3.63, 3.8) is 0 Å². The number of hydroxylamine groups is 2. The van der Waals surface area contributed by atoms with Crippen LogP contribution in [0, 0.1) is 0 Å². The van der Waals surface area contributed by atoms with Gasteiger partial charge in [0, 0.05) is 4.75 Å². The molecule has 0 spiro atoms. The van der Waals surface area contributed by atoms with Gasteiger partial charge in [0.15, 0.2) is 4.32 Å². The largest absolute Gasteiger partial charge is 0.287 e. The smallest absolute Gasteiger partial charge is 0.160 e. The van der Waals surface area contributed by atoms with Gasteiger partial charge >= 0.3 is 0 Å². The number of thiocarbonyl (C=S) groups is 1. The maximum Gasteiger partial charge on any atom is 0.160 e. The van der Waals surface area contributed by atoms with Gasteiger partial charge in [-0.25, -0.2) is 5.06 Å². The second-order valence-corrected chi connectivity index (χ2v) is 4.95. The number of hydrogen-bond donors (Lipinski definition) is 1. The summed E-state index contributed by atoms with van der Waals surface area (Å²) in [6.45, 7) is 4.88. The van der Waals surface area contributed by atoms with E-state index in [-0.39, 0.29) is 4.75 Å². The lowest BCUT2D eigenvalue weighted by Gasteiger charge is -2.17. The van der Waals surface area contributed by atoms with Crippen molar-refractivity contribution < 1.29 is 5.21 Å². The summed E-state index contributed by atoms with van der Waals surface area (Å²) < 4.78 is 0.732. The SMILES string of the molecule is CCC1(C)CN(O)C(=S)S1. The topological polar surface area (TPSA) is 23.5 Å². The Balaban J connectivity index is 2.64. The third kappa shape index (κ3) is 1.44. The molecule has 1 aliphatic rings. The lowest BCUT2D eigenvalue weighted by atomic mass is 10.1. The Labute approximate surface area is 70.5 Å². The van der Waals surface area contributed by atoms with Crippen LogP contribution >= 0.6 is 24.0 Å². The lowest BCUT2D eigenvalue weighted by molar-refractivity contribution is -0.00979. The highest BCUT2D eigenvalue weighted by Crippen LogP contribution is 2.37. The minimum atomic E-state index is 0.131. The van der Waals surface area contributed by atoms with Crippen molar-refractivity contribution >= 4 is 28.3 Å². The Morgan fingerprint density at radius 2 is 2.50 bits per heavy atom. The summed E-state index contributed by atoms with van der Waals surface area (Å²) in [7, 11) is 0. The van der Waals surface area contributed by atoms with Gasteiger partial charge < -0.3 is 0 Å². The van der Waals surface area contributed by atoms with E-state index in [1.165, 1.54) is 0 Å². The average molecular weight is 177 g/mol. The van der Waals surface area contributed by atoms with Crippen molar-refractivity contribution in [3.05, 3.63) is 0 Å². The predicted molar refractivity (Wildman–Crippen MR) is 47.4 cm³/mol. The second kappa shape index (κ2) is 2.68. The number of thioether (sulfide) groups is 1. The average Bonchev–Trinajstić information content (AvgIpc) is 2.10. The molecule has 1 atom stereocenters. The van der Waals surface area contributed by atoms with Crippen LogP contribution in [-0.4, -0.2) is 25.9 Å². The van der Waals surface area contributed by atoms with E-state index >= 15 is 0 Å². The van der Waals surface area contributed by atoms with Crippen LogP contribution in [0.3, 0.4) is 0 Å². The fourth-order valence-corrected chi connectivity index (χ4v) is 2.45. The fraction of sp³-hybridized carbons (Fsp3) is 0.833. The highest BCUT2D eigenvalue weighted by Gasteiger charge is 2.35. The first kappa shape index (κ1) is 8.30. The molecular weight excluding hydrogens is 166 g/mol. The zero-order valence-corrected chi connectivity index (χ0v) is 7.76. The highest BCUT2D eigenvalue weighted by atomic mass is 32.2. The van der Waals surface area contributed by atoms with Gasteiger partial charge in [0.2, 0.25) is 0 Å². The van der Waals surface area contributed by atoms with Gasteiger partial charge in [0.1, 0.15) is 0 Å². The monoisotopic (exact) mass is 177 g/mol. The van der Waals surface area contributed by atoms with Gasteiger partial charge in [-0.05, 0) is 13.3 Å². The quantitative estimate of drug-likeness (QED) is 0.618. The standard InChI is InChI=1S/C6H11NOS2/c1-3-6(2)4-7(8)5(9)10-6/h8H,3-4H2,1-2H3. The summed E-state index contributed by atoms with van der Waals surface area (Å²) in [4.78, 5) is 0. The molecule has 1 fully saturated rings. The van der Waals surface area contributed by atoms with Gasteiger partial charge in [0.25, 0.3) is 0 Å². The van der Waals surface area contributed by atoms with E-state index < -0.39 is 0 Å². The zero-order chi connectivity index (χ0) is 7.78. The van der Waals surface area contributed by atoms with E-state index in [0.717, 1.165) is 11.5 Å². The highest BCUT2D eigenvalue weighted by molar-refractivity contribution is 8.24. The summed E-state index contributed by atoms with van der Waals surface area (Å²) in [5, 5.41) is 10.3. The summed E-state index contributed by atoms with van der Waals surface area (Å²) in [6.07, 6.45) is 1.04. The molecule has 0 amide bonds. The van der Waals surface area contributed by atoms with Crippen LogP contribution in [0.4, 0.5) is 0 Å². The molecule has 0 aromatic rings. The molecule has 0 bridgehead atoms. The maximum atomic E-state index is 9.14. The Morgan fingerprint density at radius 3 is 2.70 bits per heavy atom. The molecule has 1 saturated heterocycles. The van der Waals surface area contributed by atoms with Gasteiger partial charge in [-0.15, -0.1) is 0 Å². The molecule has 0 aromatic heterocycles. The van der Waals surface area contributed by atoms with Crippen LogP contribution in [0.5, 0.6) is 0 Å². The Hall–Kier alpha value is 0.200. The third-order valence-electron chi connectivity index (χ3n) is 1.78. The first-order valence-corrected chi connectivity index (χ1v) is 4.49. The maximum absolute atomic E-state index is 9.14. The number of hydrogen-bond acceptors (Lipinski definition) is 3. The predicted octanol–water partition coefficient (Wildman–Crippen LogP) is 1.88. The summed E-state index contributed by atoms with van der Waals surface area (Å²) in [6, 6.07) is 0. The number of nitrogens with zero attached hydrogens (tertiary/aromatic N) is 1. The lowest BCUT2D eigenvalue weighted by Crippen LogP contribution is -2.26. The molecule has 10 heavy (non-hydrogen) atoms. The molecule has 0 aliphatic carbocycles. The van der Waals surface area contributed by atoms with Crippen molar-refractivity contribution in [1.82, 2.24) is 5.06 Å². The van der Waals surface area contributed by atoms with Crippen LogP contribution in [0.2, 0.25) is 0 Å². The van der Waals surface area contributed by atoms with E-state index in [1.807, 2.05) is 0 Å². The third-order valence-corrected chi connectivity index (χ3v) is 3.53. The molecule has 4 heteroatoms. The molecule has 58 valence electrons. The number of rotatable bonds is 1. The van der Waals surface area contributed by atoms with Crippen LogP contribution in [0.25, 0.3) is 0 Å². The summed E-state index contributed by atoms with van der Waals surface area (Å²) in [5.41, 5.74) is 0. The minimum Gasteiger partial charge on any atom is -0.287 e. The minimum absolute atomic E-state index is 0.131. The Morgan fingerprint density at radius 1 is 1.90 bits per heavy atom. The molecule has 1 rings (SSSR count). The van der Waals surface area contributed by atoms with E-state index in [1.54, 1.807) is 11.8 Å². The molecule has 0 radical (unpaired) electrons. The Kier molecular flexibility index (Phi) is 2.22. The molecule has 1 aliphatic heterocycles. The van der Waals surface area contributed by atoms with Crippen LogP contribution in [0.15, 0.2) is 0 Å². The second-order valence-electron chi connectivity index (χ2n) is 2.73. The van der Waals surface area contributed by atoms with Crippen molar-refractivity contribution in [2.45, 2.75) is 25.0 Å². The molecule has 1 heterocycles. The molecule has 0 aromatic carbocycles. The van der Waals surface area contributed by atoms with Gasteiger partial charge in [-0.3, -0.25) is 5.21 Å². The van der Waals surface area contributed by atoms with E-state index in [2.05, 4.69) is 13.8 Å². The first-order valence-electron chi connectivity index (χ1n) is 3.27. The van der Waals surface area contributed by atoms with Crippen LogP contribution in [0.1, 0.15) is 20.3 Å². The van der Waals surface area contributed by atoms with E-state index in [4.69, 9.17) is 17.4 Å².